The van der Waals surface area contributed by atoms with E-state index in [9.17, 15) is 14.9 Å². The van der Waals surface area contributed by atoms with Crippen molar-refractivity contribution in [3.63, 3.8) is 0 Å². The van der Waals surface area contributed by atoms with E-state index in [1.54, 1.807) is 12.4 Å². The molecule has 21 heavy (non-hydrogen) atoms. The van der Waals surface area contributed by atoms with E-state index in [4.69, 9.17) is 4.74 Å². The van der Waals surface area contributed by atoms with Gasteiger partial charge in [-0.25, -0.2) is 4.79 Å². The van der Waals surface area contributed by atoms with Crippen LogP contribution in [0.5, 0.6) is 0 Å². The molecule has 0 fully saturated rings. The number of nitrogens with zero attached hydrogens (tertiary/aromatic N) is 2. The van der Waals surface area contributed by atoms with E-state index in [2.05, 4.69) is 4.98 Å². The van der Waals surface area contributed by atoms with Gasteiger partial charge < -0.3 is 4.74 Å². The van der Waals surface area contributed by atoms with E-state index in [-0.39, 0.29) is 5.69 Å². The molecule has 1 heterocycles. The number of benzene rings is 1. The smallest absolute Gasteiger partial charge is 0.338 e. The molecule has 1 aromatic heterocycles. The molecular formula is C15H14N2O4. The van der Waals surface area contributed by atoms with Crippen molar-refractivity contribution in [1.82, 2.24) is 4.98 Å². The van der Waals surface area contributed by atoms with Crippen molar-refractivity contribution in [2.45, 2.75) is 12.8 Å². The van der Waals surface area contributed by atoms with Crippen LogP contribution in [0.1, 0.15) is 22.3 Å². The van der Waals surface area contributed by atoms with Gasteiger partial charge in [0.2, 0.25) is 0 Å². The number of carbonyl (C=O) groups is 1. The lowest BCUT2D eigenvalue weighted by Gasteiger charge is -2.05. The summed E-state index contributed by atoms with van der Waals surface area (Å²) in [7, 11) is 0. The molecule has 6 heteroatoms. The Hall–Kier alpha value is -2.76. The van der Waals surface area contributed by atoms with Crippen LogP contribution in [0.4, 0.5) is 5.69 Å². The zero-order valence-electron chi connectivity index (χ0n) is 11.3. The Balaban J connectivity index is 1.78. The van der Waals surface area contributed by atoms with Gasteiger partial charge in [0.05, 0.1) is 17.1 Å². The molecule has 2 rings (SSSR count). The van der Waals surface area contributed by atoms with Crippen molar-refractivity contribution in [1.29, 1.82) is 0 Å². The minimum Gasteiger partial charge on any atom is -0.462 e. The van der Waals surface area contributed by atoms with Crippen LogP contribution in [-0.2, 0) is 11.2 Å². The lowest BCUT2D eigenvalue weighted by molar-refractivity contribution is -0.384. The Morgan fingerprint density at radius 1 is 1.14 bits per heavy atom. The van der Waals surface area contributed by atoms with Crippen LogP contribution in [0.15, 0.2) is 48.8 Å². The van der Waals surface area contributed by atoms with Crippen molar-refractivity contribution in [2.24, 2.45) is 0 Å². The Morgan fingerprint density at radius 2 is 1.81 bits per heavy atom. The summed E-state index contributed by atoms with van der Waals surface area (Å²) in [4.78, 5) is 25.7. The number of nitro benzene ring substituents is 1. The summed E-state index contributed by atoms with van der Waals surface area (Å²) in [6, 6.07) is 9.18. The Kier molecular flexibility index (Phi) is 4.98. The van der Waals surface area contributed by atoms with E-state index in [0.29, 0.717) is 18.6 Å². The van der Waals surface area contributed by atoms with Crippen molar-refractivity contribution >= 4 is 11.7 Å². The summed E-state index contributed by atoms with van der Waals surface area (Å²) >= 11 is 0. The highest BCUT2D eigenvalue weighted by atomic mass is 16.6. The van der Waals surface area contributed by atoms with Gasteiger partial charge in [0.15, 0.2) is 0 Å². The van der Waals surface area contributed by atoms with Crippen LogP contribution in [0.25, 0.3) is 0 Å². The van der Waals surface area contributed by atoms with Gasteiger partial charge in [-0.15, -0.1) is 0 Å². The second-order valence-electron chi connectivity index (χ2n) is 4.40. The van der Waals surface area contributed by atoms with Crippen LogP contribution in [0.2, 0.25) is 0 Å². The number of nitro groups is 1. The molecule has 0 N–H and O–H groups in total. The standard InChI is InChI=1S/C15H14N2O4/c18-15(13-3-5-14(6-4-13)17(19)20)21-11-1-2-12-7-9-16-10-8-12/h3-10H,1-2,11H2. The molecular weight excluding hydrogens is 272 g/mol. The molecule has 0 aliphatic carbocycles. The van der Waals surface area contributed by atoms with Gasteiger partial charge in [-0.2, -0.15) is 0 Å². The molecule has 2 aromatic rings. The highest BCUT2D eigenvalue weighted by Crippen LogP contribution is 2.12. The molecule has 0 unspecified atom stereocenters. The maximum absolute atomic E-state index is 11.7. The molecule has 108 valence electrons. The molecule has 0 saturated carbocycles. The lowest BCUT2D eigenvalue weighted by Crippen LogP contribution is -2.07. The predicted octanol–water partition coefficient (Wildman–Crippen LogP) is 2.78. The quantitative estimate of drug-likeness (QED) is 0.353. The molecule has 0 radical (unpaired) electrons. The summed E-state index contributed by atoms with van der Waals surface area (Å²) in [5.41, 5.74) is 1.39. The Bertz CT molecular complexity index is 611. The van der Waals surface area contributed by atoms with Crippen molar-refractivity contribution in [3.8, 4) is 0 Å². The van der Waals surface area contributed by atoms with E-state index in [1.165, 1.54) is 24.3 Å². The van der Waals surface area contributed by atoms with E-state index >= 15 is 0 Å². The minimum atomic E-state index is -0.510. The predicted molar refractivity (Wildman–Crippen MR) is 75.9 cm³/mol. The molecule has 1 aromatic carbocycles. The van der Waals surface area contributed by atoms with Gasteiger partial charge >= 0.3 is 5.97 Å². The highest BCUT2D eigenvalue weighted by molar-refractivity contribution is 5.89. The zero-order valence-corrected chi connectivity index (χ0v) is 11.3. The van der Waals surface area contributed by atoms with Crippen LogP contribution in [0.3, 0.4) is 0 Å². The topological polar surface area (TPSA) is 82.3 Å². The van der Waals surface area contributed by atoms with Crippen molar-refractivity contribution in [2.75, 3.05) is 6.61 Å². The van der Waals surface area contributed by atoms with Gasteiger partial charge in [0.25, 0.3) is 5.69 Å². The van der Waals surface area contributed by atoms with Gasteiger partial charge in [-0.1, -0.05) is 0 Å². The number of non-ortho nitro benzene ring substituents is 1. The Labute approximate surface area is 121 Å². The molecule has 0 atom stereocenters. The number of esters is 1. The first-order valence-corrected chi connectivity index (χ1v) is 6.47. The van der Waals surface area contributed by atoms with Crippen LogP contribution in [-0.4, -0.2) is 22.5 Å². The highest BCUT2D eigenvalue weighted by Gasteiger charge is 2.10. The number of aromatic nitrogens is 1. The third-order valence-corrected chi connectivity index (χ3v) is 2.91. The molecule has 0 aliphatic rings. The monoisotopic (exact) mass is 286 g/mol. The summed E-state index contributed by atoms with van der Waals surface area (Å²) in [5, 5.41) is 10.5. The number of rotatable bonds is 6. The van der Waals surface area contributed by atoms with Crippen LogP contribution >= 0.6 is 0 Å². The Morgan fingerprint density at radius 3 is 2.43 bits per heavy atom. The normalized spacial score (nSPS) is 10.1. The number of pyridine rings is 1. The van der Waals surface area contributed by atoms with Crippen LogP contribution in [0, 0.1) is 10.1 Å². The fourth-order valence-electron chi connectivity index (χ4n) is 1.79. The number of ether oxygens (including phenoxy) is 1. The third-order valence-electron chi connectivity index (χ3n) is 2.91. The van der Waals surface area contributed by atoms with Crippen molar-refractivity contribution in [3.05, 3.63) is 70.0 Å². The fourth-order valence-corrected chi connectivity index (χ4v) is 1.79. The minimum absolute atomic E-state index is 0.0516. The first-order chi connectivity index (χ1) is 10.2. The SMILES string of the molecule is O=C(OCCCc1ccncc1)c1ccc([N+](=O)[O-])cc1. The second kappa shape index (κ2) is 7.14. The third kappa shape index (κ3) is 4.38. The van der Waals surface area contributed by atoms with E-state index in [0.717, 1.165) is 12.0 Å². The summed E-state index contributed by atoms with van der Waals surface area (Å²) in [6.07, 6.45) is 4.95. The number of hydrogen-bond donors (Lipinski definition) is 0. The largest absolute Gasteiger partial charge is 0.462 e. The van der Waals surface area contributed by atoms with Crippen LogP contribution < -0.4 is 0 Å². The molecule has 0 bridgehead atoms. The van der Waals surface area contributed by atoms with E-state index < -0.39 is 10.9 Å². The summed E-state index contributed by atoms with van der Waals surface area (Å²) < 4.78 is 5.13. The first kappa shape index (κ1) is 14.6. The number of aryl methyl sites for hydroxylation is 1. The molecule has 6 nitrogen and oxygen atoms in total. The first-order valence-electron chi connectivity index (χ1n) is 6.47. The molecule has 0 saturated heterocycles. The average Bonchev–Trinajstić information content (AvgIpc) is 2.52. The lowest BCUT2D eigenvalue weighted by atomic mass is 10.1. The average molecular weight is 286 g/mol. The van der Waals surface area contributed by atoms with Crippen molar-refractivity contribution < 1.29 is 14.5 Å². The van der Waals surface area contributed by atoms with Gasteiger partial charge in [-0.05, 0) is 42.7 Å². The molecule has 0 spiro atoms. The fraction of sp³-hybridized carbons (Fsp3) is 0.200. The van der Waals surface area contributed by atoms with Gasteiger partial charge in [-0.3, -0.25) is 15.1 Å². The van der Waals surface area contributed by atoms with Gasteiger partial charge in [0.1, 0.15) is 0 Å². The molecule has 0 aliphatic heterocycles. The summed E-state index contributed by atoms with van der Waals surface area (Å²) in [5.74, 6) is -0.473. The number of carbonyl (C=O) groups excluding carboxylic acids is 1. The molecule has 0 amide bonds. The maximum Gasteiger partial charge on any atom is 0.338 e. The van der Waals surface area contributed by atoms with Gasteiger partial charge in [0, 0.05) is 24.5 Å². The second-order valence-corrected chi connectivity index (χ2v) is 4.40. The van der Waals surface area contributed by atoms with E-state index in [1.807, 2.05) is 12.1 Å². The maximum atomic E-state index is 11.7. The number of hydrogen-bond acceptors (Lipinski definition) is 5. The zero-order chi connectivity index (χ0) is 15.1. The summed E-state index contributed by atoms with van der Waals surface area (Å²) in [6.45, 7) is 0.304.